The largest absolute Gasteiger partial charge is 0.360 e. The van der Waals surface area contributed by atoms with Crippen LogP contribution in [-0.4, -0.2) is 55.9 Å². The van der Waals surface area contributed by atoms with Gasteiger partial charge >= 0.3 is 0 Å². The molecule has 3 aromatic heterocycles. The topological polar surface area (TPSA) is 113 Å². The molecule has 4 rings (SSSR count). The molecule has 0 bridgehead atoms. The van der Waals surface area contributed by atoms with E-state index in [0.29, 0.717) is 35.1 Å². The van der Waals surface area contributed by atoms with Crippen molar-refractivity contribution in [3.8, 4) is 5.82 Å². The highest BCUT2D eigenvalue weighted by atomic mass is 32.2. The maximum absolute atomic E-state index is 12.9. The van der Waals surface area contributed by atoms with Crippen LogP contribution in [0.25, 0.3) is 5.82 Å². The fraction of sp³-hybridized carbons (Fsp3) is 0.500. The Bertz CT molecular complexity index is 1240. The van der Waals surface area contributed by atoms with E-state index in [0.717, 1.165) is 17.2 Å². The Morgan fingerprint density at radius 2 is 2.03 bits per heavy atom. The first-order valence-corrected chi connectivity index (χ1v) is 12.8. The number of thioether (sulfide) groups is 1. The first kappa shape index (κ1) is 21.8. The standard InChI is InChI=1S/C20H25N5O4S2/c1-12-7-16(14(3)25(12)19-8-13(2)29-23-19)17(26)10-30-20-22-21-18(24(20)4)9-15-5-6-31(27,28)11-15/h7-8,15H,5-6,9-11H2,1-4H3. The van der Waals surface area contributed by atoms with E-state index < -0.39 is 9.84 Å². The van der Waals surface area contributed by atoms with Gasteiger partial charge in [0.05, 0.1) is 17.3 Å². The molecule has 1 saturated heterocycles. The molecule has 166 valence electrons. The molecule has 1 unspecified atom stereocenters. The summed E-state index contributed by atoms with van der Waals surface area (Å²) in [6.07, 6.45) is 1.24. The Labute approximate surface area is 185 Å². The Morgan fingerprint density at radius 3 is 2.68 bits per heavy atom. The second kappa shape index (κ2) is 8.27. The predicted molar refractivity (Wildman–Crippen MR) is 117 cm³/mol. The number of hydrogen-bond acceptors (Lipinski definition) is 8. The van der Waals surface area contributed by atoms with Crippen LogP contribution in [0, 0.1) is 26.7 Å². The van der Waals surface area contributed by atoms with Crippen molar-refractivity contribution < 1.29 is 17.7 Å². The van der Waals surface area contributed by atoms with E-state index in [1.54, 1.807) is 0 Å². The molecule has 0 aliphatic carbocycles. The van der Waals surface area contributed by atoms with Gasteiger partial charge in [-0.3, -0.25) is 9.36 Å². The molecule has 31 heavy (non-hydrogen) atoms. The van der Waals surface area contributed by atoms with Gasteiger partial charge in [0.15, 0.2) is 26.6 Å². The number of Topliss-reactive ketones (excluding diaryl/α,β-unsaturated/α-hetero) is 1. The van der Waals surface area contributed by atoms with Crippen molar-refractivity contribution in [1.29, 1.82) is 0 Å². The number of carbonyl (C=O) groups is 1. The third-order valence-electron chi connectivity index (χ3n) is 5.63. The van der Waals surface area contributed by atoms with E-state index >= 15 is 0 Å². The minimum Gasteiger partial charge on any atom is -0.360 e. The summed E-state index contributed by atoms with van der Waals surface area (Å²) in [5.74, 6) is 2.88. The molecule has 0 radical (unpaired) electrons. The highest BCUT2D eigenvalue weighted by Crippen LogP contribution is 2.26. The molecule has 1 fully saturated rings. The summed E-state index contributed by atoms with van der Waals surface area (Å²) < 4.78 is 32.3. The molecule has 3 aromatic rings. The number of carbonyl (C=O) groups excluding carboxylic acids is 1. The lowest BCUT2D eigenvalue weighted by molar-refractivity contribution is 0.102. The van der Waals surface area contributed by atoms with Gasteiger partial charge in [-0.2, -0.15) is 0 Å². The lowest BCUT2D eigenvalue weighted by Gasteiger charge is -2.07. The molecule has 4 heterocycles. The SMILES string of the molecule is Cc1cc(-n2c(C)cc(C(=O)CSc3nnc(CC4CCS(=O)(=O)C4)n3C)c2C)no1. The zero-order chi connectivity index (χ0) is 22.3. The zero-order valence-electron chi connectivity index (χ0n) is 18.0. The van der Waals surface area contributed by atoms with Crippen LogP contribution in [0.1, 0.15) is 39.8 Å². The smallest absolute Gasteiger partial charge is 0.191 e. The van der Waals surface area contributed by atoms with Crippen LogP contribution in [0.3, 0.4) is 0 Å². The minimum absolute atomic E-state index is 0.00370. The van der Waals surface area contributed by atoms with Crippen LogP contribution in [0.2, 0.25) is 0 Å². The average molecular weight is 464 g/mol. The van der Waals surface area contributed by atoms with Gasteiger partial charge < -0.3 is 9.09 Å². The minimum atomic E-state index is -2.92. The average Bonchev–Trinajstić information content (AvgIpc) is 3.43. The number of aromatic nitrogens is 5. The second-order valence-electron chi connectivity index (χ2n) is 8.06. The van der Waals surface area contributed by atoms with Crippen molar-refractivity contribution in [2.75, 3.05) is 17.3 Å². The molecular formula is C20H25N5O4S2. The highest BCUT2D eigenvalue weighted by molar-refractivity contribution is 7.99. The molecule has 0 spiro atoms. The summed E-state index contributed by atoms with van der Waals surface area (Å²) in [6.45, 7) is 5.65. The molecule has 11 heteroatoms. The molecule has 0 N–H and O–H groups in total. The van der Waals surface area contributed by atoms with Crippen LogP contribution in [0.15, 0.2) is 21.8 Å². The van der Waals surface area contributed by atoms with Crippen LogP contribution < -0.4 is 0 Å². The summed E-state index contributed by atoms with van der Waals surface area (Å²) in [4.78, 5) is 12.9. The normalized spacial score (nSPS) is 18.0. The van der Waals surface area contributed by atoms with Gasteiger partial charge in [0.2, 0.25) is 0 Å². The van der Waals surface area contributed by atoms with Gasteiger partial charge in [-0.25, -0.2) is 8.42 Å². The molecule has 1 aliphatic rings. The lowest BCUT2D eigenvalue weighted by atomic mass is 10.1. The van der Waals surface area contributed by atoms with Gasteiger partial charge in [-0.15, -0.1) is 10.2 Å². The number of nitrogens with zero attached hydrogens (tertiary/aromatic N) is 5. The predicted octanol–water partition coefficient (Wildman–Crippen LogP) is 2.47. The van der Waals surface area contributed by atoms with Gasteiger partial charge in [0.25, 0.3) is 0 Å². The maximum Gasteiger partial charge on any atom is 0.191 e. The van der Waals surface area contributed by atoms with Crippen LogP contribution in [0.4, 0.5) is 0 Å². The zero-order valence-corrected chi connectivity index (χ0v) is 19.6. The molecular weight excluding hydrogens is 438 g/mol. The second-order valence-corrected chi connectivity index (χ2v) is 11.2. The number of ketones is 1. The molecule has 1 aliphatic heterocycles. The highest BCUT2D eigenvalue weighted by Gasteiger charge is 2.29. The number of hydrogen-bond donors (Lipinski definition) is 0. The summed E-state index contributed by atoms with van der Waals surface area (Å²) >= 11 is 1.33. The van der Waals surface area contributed by atoms with Crippen molar-refractivity contribution in [3.05, 3.63) is 40.7 Å². The van der Waals surface area contributed by atoms with Crippen LogP contribution in [-0.2, 0) is 23.3 Å². The molecule has 0 saturated carbocycles. The quantitative estimate of drug-likeness (QED) is 0.388. The summed E-state index contributed by atoms with van der Waals surface area (Å²) in [5.41, 5.74) is 2.37. The van der Waals surface area contributed by atoms with Crippen molar-refractivity contribution >= 4 is 27.4 Å². The van der Waals surface area contributed by atoms with E-state index in [1.165, 1.54) is 11.8 Å². The monoisotopic (exact) mass is 463 g/mol. The molecule has 1 atom stereocenters. The maximum atomic E-state index is 12.9. The third-order valence-corrected chi connectivity index (χ3v) is 8.49. The number of aryl methyl sites for hydroxylation is 2. The fourth-order valence-corrected chi connectivity index (χ4v) is 6.68. The van der Waals surface area contributed by atoms with E-state index in [4.69, 9.17) is 4.52 Å². The lowest BCUT2D eigenvalue weighted by Crippen LogP contribution is -2.11. The van der Waals surface area contributed by atoms with E-state index in [2.05, 4.69) is 15.4 Å². The Kier molecular flexibility index (Phi) is 5.82. The fourth-order valence-electron chi connectivity index (χ4n) is 4.00. The van der Waals surface area contributed by atoms with Gasteiger partial charge in [-0.05, 0) is 39.2 Å². The Morgan fingerprint density at radius 1 is 1.26 bits per heavy atom. The third kappa shape index (κ3) is 4.47. The van der Waals surface area contributed by atoms with Crippen LogP contribution >= 0.6 is 11.8 Å². The van der Waals surface area contributed by atoms with Crippen LogP contribution in [0.5, 0.6) is 0 Å². The summed E-state index contributed by atoms with van der Waals surface area (Å²) in [6, 6.07) is 3.70. The molecule has 9 nitrogen and oxygen atoms in total. The van der Waals surface area contributed by atoms with Crippen molar-refractivity contribution in [3.63, 3.8) is 0 Å². The first-order valence-electron chi connectivity index (χ1n) is 10.0. The van der Waals surface area contributed by atoms with E-state index in [1.807, 2.05) is 49.1 Å². The number of sulfone groups is 1. The van der Waals surface area contributed by atoms with Crippen molar-refractivity contribution in [2.45, 2.75) is 38.8 Å². The number of rotatable bonds is 7. The van der Waals surface area contributed by atoms with Gasteiger partial charge in [-0.1, -0.05) is 16.9 Å². The van der Waals surface area contributed by atoms with E-state index in [-0.39, 0.29) is 29.0 Å². The molecule has 0 aromatic carbocycles. The van der Waals surface area contributed by atoms with E-state index in [9.17, 15) is 13.2 Å². The van der Waals surface area contributed by atoms with Gasteiger partial charge in [0.1, 0.15) is 11.6 Å². The van der Waals surface area contributed by atoms with Crippen molar-refractivity contribution in [1.82, 2.24) is 24.5 Å². The molecule has 0 amide bonds. The first-order chi connectivity index (χ1) is 14.6. The van der Waals surface area contributed by atoms with Gasteiger partial charge in [0, 0.05) is 36.5 Å². The summed E-state index contributed by atoms with van der Waals surface area (Å²) in [7, 11) is -1.07. The van der Waals surface area contributed by atoms with Crippen molar-refractivity contribution in [2.24, 2.45) is 13.0 Å². The Balaban J connectivity index is 1.43. The Hall–Kier alpha value is -2.40. The summed E-state index contributed by atoms with van der Waals surface area (Å²) in [5, 5.41) is 13.1.